The molecule has 9 aromatic carbocycles. The Morgan fingerprint density at radius 3 is 1.59 bits per heavy atom. The van der Waals surface area contributed by atoms with Gasteiger partial charge in [-0.15, -0.1) is 0 Å². The number of hydrogen-bond donors (Lipinski definition) is 0. The number of fused-ring (bicyclic) bond motifs is 2. The zero-order valence-electron chi connectivity index (χ0n) is 47.5. The van der Waals surface area contributed by atoms with E-state index in [1.807, 2.05) is 6.07 Å². The lowest BCUT2D eigenvalue weighted by molar-refractivity contribution is 1.28. The normalized spacial score (nSPS) is 16.9. The van der Waals surface area contributed by atoms with Gasteiger partial charge in [0.05, 0.1) is 28.8 Å². The largest absolute Gasteiger partial charge is 0.310 e. The Morgan fingerprint density at radius 2 is 0.882 bits per heavy atom. The fourth-order valence-corrected chi connectivity index (χ4v) is 5.75. The van der Waals surface area contributed by atoms with Crippen LogP contribution in [0.2, 0.25) is 0 Å². The van der Waals surface area contributed by atoms with Gasteiger partial charge in [0.1, 0.15) is 0 Å². The van der Waals surface area contributed by atoms with Crippen LogP contribution in [-0.2, 0) is 0 Å². The van der Waals surface area contributed by atoms with Crippen LogP contribution in [-0.4, -0.2) is 0 Å². The van der Waals surface area contributed by atoms with Crippen molar-refractivity contribution >= 4 is 38.6 Å². The van der Waals surface area contributed by atoms with Gasteiger partial charge in [0.25, 0.3) is 0 Å². The summed E-state index contributed by atoms with van der Waals surface area (Å²) in [6.07, 6.45) is 0. The molecule has 51 heavy (non-hydrogen) atoms. The summed E-state index contributed by atoms with van der Waals surface area (Å²) in [5.41, 5.74) is -5.18. The van der Waals surface area contributed by atoms with Crippen LogP contribution in [0.15, 0.2) is 212 Å². The average molecular weight is 671 g/mol. The van der Waals surface area contributed by atoms with Crippen molar-refractivity contribution in [2.75, 3.05) is 4.90 Å². The summed E-state index contributed by atoms with van der Waals surface area (Å²) in [6.45, 7) is 0. The van der Waals surface area contributed by atoms with Gasteiger partial charge in [-0.25, -0.2) is 0 Å². The molecule has 0 aliphatic heterocycles. The average Bonchev–Trinajstić information content (AvgIpc) is 3.37. The molecule has 1 heteroatoms. The molecule has 0 spiro atoms. The highest BCUT2D eigenvalue weighted by Gasteiger charge is 2.15. The molecule has 0 fully saturated rings. The van der Waals surface area contributed by atoms with Crippen molar-refractivity contribution in [3.05, 3.63) is 212 Å². The molecule has 0 N–H and O–H groups in total. The molecule has 0 radical (unpaired) electrons. The summed E-state index contributed by atoms with van der Waals surface area (Å²) in [4.78, 5) is 0.668. The van der Waals surface area contributed by atoms with Crippen LogP contribution in [0.3, 0.4) is 0 Å². The van der Waals surface area contributed by atoms with Gasteiger partial charge in [-0.2, -0.15) is 0 Å². The minimum absolute atomic E-state index is 0.160. The minimum atomic E-state index is -1.06. The molecule has 0 bridgehead atoms. The van der Waals surface area contributed by atoms with E-state index in [0.717, 1.165) is 5.39 Å². The summed E-state index contributed by atoms with van der Waals surface area (Å²) in [6, 6.07) is 6.21. The smallest absolute Gasteiger partial charge is 0.0651 e. The van der Waals surface area contributed by atoms with Crippen molar-refractivity contribution in [3.8, 4) is 44.5 Å². The molecule has 0 aromatic heterocycles. The molecular weight excluding hydrogens is 615 g/mol. The summed E-state index contributed by atoms with van der Waals surface area (Å²) in [5, 5.41) is 2.74. The van der Waals surface area contributed by atoms with Gasteiger partial charge in [0.15, 0.2) is 0 Å². The minimum Gasteiger partial charge on any atom is -0.310 e. The standard InChI is InChI=1S/C50H35N/c1-2-10-36(11-3-1)38-20-22-39(23-21-38)40-26-30-46(31-27-40)51(47-32-28-42(29-33-47)50-19-9-15-41-13-6-7-18-49(41)50)48-17-8-16-44(35-48)45-25-24-37-12-4-5-14-43(37)34-45/h1-35H/i1D,2D,3D,8D,10D,11D,16D,17D,20D,21D,22D,23D,26D,27D,28D,29D,30D,31D,32D,33D,35D. The number of rotatable bonds is 7. The molecule has 0 atom stereocenters. The molecule has 9 aromatic rings. The van der Waals surface area contributed by atoms with E-state index in [1.54, 1.807) is 78.9 Å². The molecule has 0 amide bonds. The Balaban J connectivity index is 1.38. The van der Waals surface area contributed by atoms with Crippen LogP contribution in [0.4, 0.5) is 17.1 Å². The lowest BCUT2D eigenvalue weighted by Crippen LogP contribution is -2.10. The summed E-state index contributed by atoms with van der Waals surface area (Å²) in [7, 11) is 0. The molecule has 0 saturated carbocycles. The fraction of sp³-hybridized carbons (Fsp3) is 0. The van der Waals surface area contributed by atoms with E-state index in [4.69, 9.17) is 15.1 Å². The lowest BCUT2D eigenvalue weighted by atomic mass is 9.97. The first-order valence-electron chi connectivity index (χ1n) is 26.3. The number of anilines is 3. The Morgan fingerprint density at radius 1 is 0.333 bits per heavy atom. The molecule has 0 unspecified atom stereocenters. The van der Waals surface area contributed by atoms with Crippen molar-refractivity contribution < 1.29 is 28.8 Å². The van der Waals surface area contributed by atoms with Gasteiger partial charge in [-0.1, -0.05) is 169 Å². The SMILES string of the molecule is [2H]c1c([2H])c([2H])c(-c2c([2H])c([2H])c(-c3c([2H])c([2H])c(N(c4c([2H])c([2H])c(-c5cccc6ccccc56)c([2H])c4[2H])c4c([2H])c([2H])c([2H])c(-c5ccc6ccccc6c5)c4[2H])c([2H])c3[2H])c([2H])c2[2H])c([2H])c1[2H]. The lowest BCUT2D eigenvalue weighted by Gasteiger charge is -2.26. The first kappa shape index (κ1) is 15.5. The van der Waals surface area contributed by atoms with E-state index >= 15 is 0 Å². The van der Waals surface area contributed by atoms with Crippen LogP contribution in [0.25, 0.3) is 66.1 Å². The highest BCUT2D eigenvalue weighted by atomic mass is 15.1. The first-order chi connectivity index (χ1) is 34.0. The second-order valence-electron chi connectivity index (χ2n) is 11.3. The Bertz CT molecular complexity index is 3730. The van der Waals surface area contributed by atoms with Crippen LogP contribution >= 0.6 is 0 Å². The third kappa shape index (κ3) is 6.07. The molecule has 9 rings (SSSR count). The van der Waals surface area contributed by atoms with E-state index in [0.29, 0.717) is 26.6 Å². The molecule has 1 nitrogen and oxygen atoms in total. The number of hydrogen-bond acceptors (Lipinski definition) is 1. The zero-order valence-corrected chi connectivity index (χ0v) is 26.5. The third-order valence-corrected chi connectivity index (χ3v) is 8.23. The van der Waals surface area contributed by atoms with Gasteiger partial charge in [-0.05, 0) is 108 Å². The van der Waals surface area contributed by atoms with E-state index in [-0.39, 0.29) is 16.7 Å². The van der Waals surface area contributed by atoms with Crippen molar-refractivity contribution in [2.24, 2.45) is 0 Å². The van der Waals surface area contributed by atoms with Gasteiger partial charge < -0.3 is 4.90 Å². The Hall–Kier alpha value is -6.70. The fourth-order valence-electron chi connectivity index (χ4n) is 5.75. The van der Waals surface area contributed by atoms with Gasteiger partial charge in [0, 0.05) is 17.1 Å². The van der Waals surface area contributed by atoms with E-state index in [2.05, 4.69) is 0 Å². The second-order valence-corrected chi connectivity index (χ2v) is 11.3. The predicted octanol–water partition coefficient (Wildman–Crippen LogP) is 14.1. The van der Waals surface area contributed by atoms with Crippen LogP contribution in [0.5, 0.6) is 0 Å². The molecule has 0 saturated heterocycles. The van der Waals surface area contributed by atoms with Crippen molar-refractivity contribution in [2.45, 2.75) is 0 Å². The van der Waals surface area contributed by atoms with Gasteiger partial charge >= 0.3 is 0 Å². The number of benzene rings is 9. The monoisotopic (exact) mass is 670 g/mol. The molecule has 0 heterocycles. The van der Waals surface area contributed by atoms with Gasteiger partial charge in [-0.3, -0.25) is 0 Å². The quantitative estimate of drug-likeness (QED) is 0.163. The topological polar surface area (TPSA) is 3.24 Å². The summed E-state index contributed by atoms with van der Waals surface area (Å²) in [5.74, 6) is 0. The maximum atomic E-state index is 9.75. The first-order valence-corrected chi connectivity index (χ1v) is 15.8. The maximum absolute atomic E-state index is 9.75. The predicted molar refractivity (Wildman–Crippen MR) is 218 cm³/mol. The van der Waals surface area contributed by atoms with Crippen molar-refractivity contribution in [1.29, 1.82) is 0 Å². The number of nitrogens with zero attached hydrogens (tertiary/aromatic N) is 1. The third-order valence-electron chi connectivity index (χ3n) is 8.23. The summed E-state index contributed by atoms with van der Waals surface area (Å²) < 4.78 is 191. The Kier molecular flexibility index (Phi) is 4.03. The highest BCUT2D eigenvalue weighted by molar-refractivity contribution is 5.97. The zero-order chi connectivity index (χ0) is 52.3. The molecular formula is C50H35N. The molecule has 0 aliphatic rings. The van der Waals surface area contributed by atoms with Crippen LogP contribution in [0.1, 0.15) is 28.8 Å². The van der Waals surface area contributed by atoms with Crippen molar-refractivity contribution in [1.82, 2.24) is 0 Å². The molecule has 0 aliphatic carbocycles. The van der Waals surface area contributed by atoms with Crippen LogP contribution in [0, 0.1) is 0 Å². The van der Waals surface area contributed by atoms with Crippen molar-refractivity contribution in [3.63, 3.8) is 0 Å². The van der Waals surface area contributed by atoms with Crippen LogP contribution < -0.4 is 4.90 Å². The van der Waals surface area contributed by atoms with E-state index in [9.17, 15) is 13.7 Å². The second kappa shape index (κ2) is 13.3. The molecule has 240 valence electrons. The Labute approximate surface area is 328 Å². The van der Waals surface area contributed by atoms with Gasteiger partial charge in [0.2, 0.25) is 0 Å². The highest BCUT2D eigenvalue weighted by Crippen LogP contribution is 2.39. The summed E-state index contributed by atoms with van der Waals surface area (Å²) >= 11 is 0. The maximum Gasteiger partial charge on any atom is 0.0651 e. The van der Waals surface area contributed by atoms with E-state index < -0.39 is 166 Å². The van der Waals surface area contributed by atoms with E-state index in [1.165, 1.54) is 0 Å².